The minimum atomic E-state index is -0.374. The fraction of sp³-hybridized carbons (Fsp3) is 0.333. The van der Waals surface area contributed by atoms with Crippen LogP contribution in [0.1, 0.15) is 11.1 Å². The number of nitrogens with one attached hydrogen (secondary N) is 2. The Morgan fingerprint density at radius 3 is 2.08 bits per heavy atom. The zero-order valence-electron chi connectivity index (χ0n) is 13.5. The van der Waals surface area contributed by atoms with Crippen LogP contribution < -0.4 is 9.80 Å². The second-order valence-electron chi connectivity index (χ2n) is 6.37. The van der Waals surface area contributed by atoms with Crippen LogP contribution in [0.4, 0.5) is 10.1 Å². The molecule has 2 aromatic rings. The lowest BCUT2D eigenvalue weighted by Gasteiger charge is -2.29. The first-order valence-corrected chi connectivity index (χ1v) is 8.25. The average molecular weight is 331 g/mol. The Labute approximate surface area is 140 Å². The summed E-state index contributed by atoms with van der Waals surface area (Å²) < 4.78 is 13.7. The minimum Gasteiger partial charge on any atom is -0.322 e. The van der Waals surface area contributed by atoms with Crippen molar-refractivity contribution in [1.29, 1.82) is 0 Å². The number of nitro benzene ring substituents is 1. The Kier molecular flexibility index (Phi) is 5.17. The first-order valence-electron chi connectivity index (χ1n) is 8.25. The molecule has 1 saturated heterocycles. The lowest BCUT2D eigenvalue weighted by molar-refractivity contribution is -1.02. The van der Waals surface area contributed by atoms with Crippen molar-refractivity contribution in [2.75, 3.05) is 26.2 Å². The van der Waals surface area contributed by atoms with Crippen LogP contribution in [0, 0.1) is 15.9 Å². The molecular weight excluding hydrogens is 309 g/mol. The molecule has 3 rings (SSSR count). The number of rotatable bonds is 5. The van der Waals surface area contributed by atoms with Crippen molar-refractivity contribution in [1.82, 2.24) is 0 Å². The van der Waals surface area contributed by atoms with Gasteiger partial charge in [-0.05, 0) is 18.2 Å². The molecule has 126 valence electrons. The van der Waals surface area contributed by atoms with E-state index in [0.717, 1.165) is 50.4 Å². The fourth-order valence-electron chi connectivity index (χ4n) is 3.25. The number of benzene rings is 2. The summed E-state index contributed by atoms with van der Waals surface area (Å²) in [6.45, 7) is 5.69. The highest BCUT2D eigenvalue weighted by molar-refractivity contribution is 5.32. The Morgan fingerprint density at radius 1 is 0.917 bits per heavy atom. The molecule has 1 aliphatic heterocycles. The highest BCUT2D eigenvalue weighted by Gasteiger charge is 2.24. The molecule has 2 N–H and O–H groups in total. The van der Waals surface area contributed by atoms with Crippen molar-refractivity contribution >= 4 is 5.69 Å². The minimum absolute atomic E-state index is 0.120. The van der Waals surface area contributed by atoms with Crippen molar-refractivity contribution in [2.45, 2.75) is 13.1 Å². The number of halogens is 1. The molecule has 6 heteroatoms. The molecule has 0 saturated carbocycles. The Morgan fingerprint density at radius 2 is 1.50 bits per heavy atom. The van der Waals surface area contributed by atoms with Crippen LogP contribution in [-0.4, -0.2) is 31.1 Å². The molecule has 2 aromatic carbocycles. The molecule has 0 spiro atoms. The van der Waals surface area contributed by atoms with E-state index < -0.39 is 0 Å². The van der Waals surface area contributed by atoms with Gasteiger partial charge in [0.25, 0.3) is 5.69 Å². The molecule has 1 heterocycles. The standard InChI is InChI=1S/C18H20FN3O2/c19-18-4-2-1-3-16(18)14-21-11-9-20(10-12-21)13-15-5-7-17(8-6-15)22(23)24/h1-8H,9-14H2/p+2. The van der Waals surface area contributed by atoms with Crippen molar-refractivity contribution in [2.24, 2.45) is 0 Å². The summed E-state index contributed by atoms with van der Waals surface area (Å²) in [5.74, 6) is -0.120. The maximum Gasteiger partial charge on any atom is 0.269 e. The Bertz CT molecular complexity index is 698. The summed E-state index contributed by atoms with van der Waals surface area (Å²) in [7, 11) is 0. The molecule has 1 fully saturated rings. The van der Waals surface area contributed by atoms with Gasteiger partial charge in [-0.2, -0.15) is 0 Å². The lowest BCUT2D eigenvalue weighted by Crippen LogP contribution is -3.27. The zero-order chi connectivity index (χ0) is 16.9. The van der Waals surface area contributed by atoms with Gasteiger partial charge < -0.3 is 9.80 Å². The molecule has 0 amide bonds. The largest absolute Gasteiger partial charge is 0.322 e. The molecule has 0 aliphatic carbocycles. The van der Waals surface area contributed by atoms with Crippen LogP contribution in [0.3, 0.4) is 0 Å². The third-order valence-corrected chi connectivity index (χ3v) is 4.66. The summed E-state index contributed by atoms with van der Waals surface area (Å²) in [6.07, 6.45) is 0. The maximum absolute atomic E-state index is 13.7. The molecule has 0 unspecified atom stereocenters. The number of hydrogen-bond donors (Lipinski definition) is 2. The number of quaternary nitrogens is 2. The average Bonchev–Trinajstić information content (AvgIpc) is 2.59. The van der Waals surface area contributed by atoms with E-state index in [1.807, 2.05) is 24.3 Å². The van der Waals surface area contributed by atoms with Gasteiger partial charge in [0.1, 0.15) is 45.1 Å². The van der Waals surface area contributed by atoms with Crippen LogP contribution >= 0.6 is 0 Å². The predicted octanol–water partition coefficient (Wildman–Crippen LogP) is 0.218. The summed E-state index contributed by atoms with van der Waals surface area (Å²) in [4.78, 5) is 13.2. The van der Waals surface area contributed by atoms with Gasteiger partial charge in [0.2, 0.25) is 0 Å². The van der Waals surface area contributed by atoms with Crippen LogP contribution in [0.25, 0.3) is 0 Å². The van der Waals surface area contributed by atoms with Gasteiger partial charge in [0.05, 0.1) is 4.92 Å². The normalized spacial score (nSPS) is 20.7. The monoisotopic (exact) mass is 331 g/mol. The van der Waals surface area contributed by atoms with Crippen LogP contribution in [0.15, 0.2) is 48.5 Å². The van der Waals surface area contributed by atoms with Gasteiger partial charge in [-0.1, -0.05) is 18.2 Å². The number of piperazine rings is 1. The van der Waals surface area contributed by atoms with E-state index in [-0.39, 0.29) is 16.4 Å². The highest BCUT2D eigenvalue weighted by Crippen LogP contribution is 2.11. The van der Waals surface area contributed by atoms with E-state index in [1.54, 1.807) is 18.2 Å². The highest BCUT2D eigenvalue weighted by atomic mass is 19.1. The number of nitrogens with zero attached hydrogens (tertiary/aromatic N) is 1. The van der Waals surface area contributed by atoms with Gasteiger partial charge in [-0.15, -0.1) is 0 Å². The molecule has 5 nitrogen and oxygen atoms in total. The SMILES string of the molecule is O=[N+]([O-])c1ccc(C[NH+]2CC[NH+](Cc3ccccc3F)CC2)cc1. The Hall–Kier alpha value is -2.31. The van der Waals surface area contributed by atoms with Crippen molar-refractivity contribution in [3.05, 3.63) is 75.6 Å². The number of hydrogen-bond acceptors (Lipinski definition) is 2. The summed E-state index contributed by atoms with van der Waals surface area (Å²) in [5.41, 5.74) is 2.03. The van der Waals surface area contributed by atoms with Crippen molar-refractivity contribution in [3.8, 4) is 0 Å². The van der Waals surface area contributed by atoms with Gasteiger partial charge in [0, 0.05) is 23.3 Å². The predicted molar refractivity (Wildman–Crippen MR) is 88.3 cm³/mol. The molecular formula is C18H22FN3O2+2. The molecule has 0 bridgehead atoms. The summed E-state index contributed by atoms with van der Waals surface area (Å²) in [5, 5.41) is 10.7. The molecule has 1 aliphatic rings. The fourth-order valence-corrected chi connectivity index (χ4v) is 3.25. The second kappa shape index (κ2) is 7.51. The third-order valence-electron chi connectivity index (χ3n) is 4.66. The first kappa shape index (κ1) is 16.5. The van der Waals surface area contributed by atoms with Crippen LogP contribution in [0.2, 0.25) is 0 Å². The molecule has 0 atom stereocenters. The summed E-state index contributed by atoms with van der Waals surface area (Å²) >= 11 is 0. The van der Waals surface area contributed by atoms with Crippen LogP contribution in [-0.2, 0) is 13.1 Å². The van der Waals surface area contributed by atoms with E-state index in [1.165, 1.54) is 15.9 Å². The van der Waals surface area contributed by atoms with E-state index >= 15 is 0 Å². The van der Waals surface area contributed by atoms with E-state index in [4.69, 9.17) is 0 Å². The second-order valence-corrected chi connectivity index (χ2v) is 6.37. The van der Waals surface area contributed by atoms with Gasteiger partial charge >= 0.3 is 0 Å². The van der Waals surface area contributed by atoms with Gasteiger partial charge in [0.15, 0.2) is 0 Å². The summed E-state index contributed by atoms with van der Waals surface area (Å²) in [6, 6.07) is 13.8. The molecule has 0 aromatic heterocycles. The maximum atomic E-state index is 13.7. The van der Waals surface area contributed by atoms with E-state index in [9.17, 15) is 14.5 Å². The zero-order valence-corrected chi connectivity index (χ0v) is 13.5. The van der Waals surface area contributed by atoms with Gasteiger partial charge in [-0.25, -0.2) is 4.39 Å². The third kappa shape index (κ3) is 4.15. The molecule has 0 radical (unpaired) electrons. The Balaban J connectivity index is 1.50. The van der Waals surface area contributed by atoms with Gasteiger partial charge in [-0.3, -0.25) is 10.1 Å². The van der Waals surface area contributed by atoms with Crippen LogP contribution in [0.5, 0.6) is 0 Å². The molecule has 24 heavy (non-hydrogen) atoms. The van der Waals surface area contributed by atoms with Crippen molar-refractivity contribution in [3.63, 3.8) is 0 Å². The number of nitro groups is 1. The van der Waals surface area contributed by atoms with E-state index in [0.29, 0.717) is 0 Å². The topological polar surface area (TPSA) is 52.0 Å². The first-order chi connectivity index (χ1) is 11.6. The van der Waals surface area contributed by atoms with E-state index in [2.05, 4.69) is 0 Å². The smallest absolute Gasteiger partial charge is 0.269 e. The quantitative estimate of drug-likeness (QED) is 0.608. The number of non-ortho nitro benzene ring substituents is 1. The lowest BCUT2D eigenvalue weighted by atomic mass is 10.1. The van der Waals surface area contributed by atoms with Crippen molar-refractivity contribution < 1.29 is 19.1 Å².